The first-order valence-electron chi connectivity index (χ1n) is 8.16. The zero-order chi connectivity index (χ0) is 21.4. The van der Waals surface area contributed by atoms with E-state index >= 15 is 0 Å². The van der Waals surface area contributed by atoms with Gasteiger partial charge < -0.3 is 15.8 Å². The molecule has 28 heavy (non-hydrogen) atoms. The van der Waals surface area contributed by atoms with Crippen LogP contribution in [0.15, 0.2) is 36.8 Å². The summed E-state index contributed by atoms with van der Waals surface area (Å²) in [6, 6.07) is 4.25. The number of alkyl halides is 3. The lowest BCUT2D eigenvalue weighted by molar-refractivity contribution is -0.154. The molecule has 0 fully saturated rings. The molecule has 0 saturated heterocycles. The van der Waals surface area contributed by atoms with Crippen molar-refractivity contribution in [2.24, 2.45) is 5.73 Å². The molecule has 0 spiro atoms. The van der Waals surface area contributed by atoms with Crippen LogP contribution in [0, 0.1) is 5.82 Å². The van der Waals surface area contributed by atoms with Gasteiger partial charge in [-0.1, -0.05) is 0 Å². The minimum absolute atomic E-state index is 0.151. The van der Waals surface area contributed by atoms with Crippen LogP contribution in [-0.2, 0) is 6.54 Å². The highest BCUT2D eigenvalue weighted by atomic mass is 19.4. The van der Waals surface area contributed by atoms with Crippen LogP contribution in [0.25, 0.3) is 0 Å². The topological polar surface area (TPSA) is 90.1 Å². The van der Waals surface area contributed by atoms with E-state index in [9.17, 15) is 22.4 Å². The summed E-state index contributed by atoms with van der Waals surface area (Å²) < 4.78 is 53.5. The maximum Gasteiger partial charge on any atom is 0.422 e. The fraction of sp³-hybridized carbons (Fsp3) is 0.389. The van der Waals surface area contributed by atoms with Crippen LogP contribution in [0.3, 0.4) is 0 Å². The number of primary amides is 1. The standard InChI is InChI=1S/C12H16F4N2O.C6H6N2O/c1-11(2,3)18-6-8-4-9(13)10(17-5-8)19-7-12(14,15)16;7-6(9)5-1-3-8-4-2-5/h4-5,18H,6-7H2,1-3H3;1-4H,(H2,7,9). The number of carbonyl (C=O) groups is 1. The molecule has 0 radical (unpaired) electrons. The van der Waals surface area contributed by atoms with Gasteiger partial charge >= 0.3 is 6.18 Å². The predicted molar refractivity (Wildman–Crippen MR) is 95.1 cm³/mol. The van der Waals surface area contributed by atoms with E-state index < -0.39 is 30.4 Å². The molecule has 0 atom stereocenters. The summed E-state index contributed by atoms with van der Waals surface area (Å²) in [5.74, 6) is -1.97. The van der Waals surface area contributed by atoms with Crippen molar-refractivity contribution >= 4 is 5.91 Å². The van der Waals surface area contributed by atoms with E-state index in [0.29, 0.717) is 17.7 Å². The molecular weight excluding hydrogens is 380 g/mol. The van der Waals surface area contributed by atoms with E-state index in [2.05, 4.69) is 20.0 Å². The Morgan fingerprint density at radius 3 is 2.25 bits per heavy atom. The van der Waals surface area contributed by atoms with E-state index in [4.69, 9.17) is 5.73 Å². The third-order valence-electron chi connectivity index (χ3n) is 3.02. The summed E-state index contributed by atoms with van der Waals surface area (Å²) in [7, 11) is 0. The Hall–Kier alpha value is -2.75. The summed E-state index contributed by atoms with van der Waals surface area (Å²) in [4.78, 5) is 17.7. The van der Waals surface area contributed by atoms with Crippen LogP contribution < -0.4 is 15.8 Å². The van der Waals surface area contributed by atoms with Crippen molar-refractivity contribution in [1.82, 2.24) is 15.3 Å². The maximum atomic E-state index is 13.5. The zero-order valence-electron chi connectivity index (χ0n) is 15.7. The van der Waals surface area contributed by atoms with Crippen molar-refractivity contribution in [3.05, 3.63) is 53.7 Å². The minimum atomic E-state index is -4.51. The van der Waals surface area contributed by atoms with Gasteiger partial charge in [0.05, 0.1) is 0 Å². The van der Waals surface area contributed by atoms with Crippen molar-refractivity contribution in [3.63, 3.8) is 0 Å². The van der Waals surface area contributed by atoms with Gasteiger partial charge in [0.1, 0.15) is 0 Å². The average Bonchev–Trinajstić information content (AvgIpc) is 2.59. The van der Waals surface area contributed by atoms with Gasteiger partial charge in [-0.2, -0.15) is 13.2 Å². The molecule has 0 aliphatic carbocycles. The molecule has 2 rings (SSSR count). The molecule has 1 amide bonds. The van der Waals surface area contributed by atoms with E-state index in [1.807, 2.05) is 20.8 Å². The van der Waals surface area contributed by atoms with Gasteiger partial charge in [0, 0.05) is 36.2 Å². The first-order valence-corrected chi connectivity index (χ1v) is 8.16. The Balaban J connectivity index is 0.000000362. The van der Waals surface area contributed by atoms with Crippen LogP contribution in [0.2, 0.25) is 0 Å². The van der Waals surface area contributed by atoms with Gasteiger partial charge in [-0.3, -0.25) is 9.78 Å². The highest BCUT2D eigenvalue weighted by molar-refractivity contribution is 5.92. The van der Waals surface area contributed by atoms with E-state index in [0.717, 1.165) is 6.07 Å². The van der Waals surface area contributed by atoms with Crippen molar-refractivity contribution in [3.8, 4) is 5.88 Å². The quantitative estimate of drug-likeness (QED) is 0.750. The largest absolute Gasteiger partial charge is 0.466 e. The summed E-state index contributed by atoms with van der Waals surface area (Å²) in [5, 5.41) is 3.11. The van der Waals surface area contributed by atoms with Gasteiger partial charge in [0.2, 0.25) is 5.91 Å². The van der Waals surface area contributed by atoms with Crippen LogP contribution >= 0.6 is 0 Å². The van der Waals surface area contributed by atoms with Crippen molar-refractivity contribution < 1.29 is 27.1 Å². The van der Waals surface area contributed by atoms with Crippen molar-refractivity contribution in [2.45, 2.75) is 39.0 Å². The van der Waals surface area contributed by atoms with Crippen LogP contribution in [0.4, 0.5) is 17.6 Å². The number of pyridine rings is 2. The normalized spacial score (nSPS) is 11.4. The van der Waals surface area contributed by atoms with Crippen LogP contribution in [-0.4, -0.2) is 34.2 Å². The first kappa shape index (κ1) is 23.3. The Labute approximate surface area is 160 Å². The number of amides is 1. The number of ether oxygens (including phenoxy) is 1. The second-order valence-corrected chi connectivity index (χ2v) is 6.74. The molecule has 2 aromatic heterocycles. The van der Waals surface area contributed by atoms with Crippen LogP contribution in [0.1, 0.15) is 36.7 Å². The number of hydrogen-bond donors (Lipinski definition) is 2. The zero-order valence-corrected chi connectivity index (χ0v) is 15.7. The number of carbonyl (C=O) groups excluding carboxylic acids is 1. The summed E-state index contributed by atoms with van der Waals surface area (Å²) in [5.41, 5.74) is 5.82. The van der Waals surface area contributed by atoms with Gasteiger partial charge in [-0.25, -0.2) is 9.37 Å². The Morgan fingerprint density at radius 2 is 1.82 bits per heavy atom. The van der Waals surface area contributed by atoms with Crippen LogP contribution in [0.5, 0.6) is 5.88 Å². The van der Waals surface area contributed by atoms with Crippen molar-refractivity contribution in [2.75, 3.05) is 6.61 Å². The predicted octanol–water partition coefficient (Wildman–Crippen LogP) is 3.23. The molecule has 0 bridgehead atoms. The summed E-state index contributed by atoms with van der Waals surface area (Å²) in [6.07, 6.45) is -0.172. The Bertz CT molecular complexity index is 762. The highest BCUT2D eigenvalue weighted by Gasteiger charge is 2.29. The summed E-state index contributed by atoms with van der Waals surface area (Å²) >= 11 is 0. The molecule has 154 valence electrons. The number of nitrogens with one attached hydrogen (secondary N) is 1. The third kappa shape index (κ3) is 9.81. The molecule has 0 saturated carbocycles. The highest BCUT2D eigenvalue weighted by Crippen LogP contribution is 2.20. The second kappa shape index (κ2) is 9.98. The van der Waals surface area contributed by atoms with Gasteiger partial charge in [-0.15, -0.1) is 0 Å². The third-order valence-corrected chi connectivity index (χ3v) is 3.02. The number of halogens is 4. The van der Waals surface area contributed by atoms with E-state index in [-0.39, 0.29) is 5.54 Å². The molecule has 6 nitrogen and oxygen atoms in total. The van der Waals surface area contributed by atoms with E-state index in [1.54, 1.807) is 12.1 Å². The molecule has 2 heterocycles. The van der Waals surface area contributed by atoms with Crippen molar-refractivity contribution in [1.29, 1.82) is 0 Å². The van der Waals surface area contributed by atoms with Gasteiger partial charge in [0.15, 0.2) is 12.4 Å². The lowest BCUT2D eigenvalue weighted by Crippen LogP contribution is -2.35. The lowest BCUT2D eigenvalue weighted by Gasteiger charge is -2.20. The van der Waals surface area contributed by atoms with Gasteiger partial charge in [0.25, 0.3) is 5.88 Å². The number of rotatable bonds is 5. The summed E-state index contributed by atoms with van der Waals surface area (Å²) in [6.45, 7) is 4.64. The molecular formula is C18H22F4N4O2. The lowest BCUT2D eigenvalue weighted by atomic mass is 10.1. The minimum Gasteiger partial charge on any atom is -0.466 e. The maximum absolute atomic E-state index is 13.5. The first-order chi connectivity index (χ1) is 12.9. The average molecular weight is 402 g/mol. The number of aromatic nitrogens is 2. The molecule has 0 aliphatic rings. The monoisotopic (exact) mass is 402 g/mol. The second-order valence-electron chi connectivity index (χ2n) is 6.74. The SMILES string of the molecule is CC(C)(C)NCc1cnc(OCC(F)(F)F)c(F)c1.NC(=O)c1ccncc1. The molecule has 3 N–H and O–H groups in total. The Morgan fingerprint density at radius 1 is 1.21 bits per heavy atom. The molecule has 10 heteroatoms. The molecule has 2 aromatic rings. The number of hydrogen-bond acceptors (Lipinski definition) is 5. The van der Waals surface area contributed by atoms with Gasteiger partial charge in [-0.05, 0) is 44.5 Å². The molecule has 0 aromatic carbocycles. The number of nitrogens with two attached hydrogens (primary N) is 1. The smallest absolute Gasteiger partial charge is 0.422 e. The number of nitrogens with zero attached hydrogens (tertiary/aromatic N) is 2. The Kier molecular flexibility index (Phi) is 8.30. The molecule has 0 aliphatic heterocycles. The van der Waals surface area contributed by atoms with E-state index in [1.165, 1.54) is 18.6 Å². The fourth-order valence-electron chi connectivity index (χ4n) is 1.70. The fourth-order valence-corrected chi connectivity index (χ4v) is 1.70. The molecule has 0 unspecified atom stereocenters.